The number of nitrogens with one attached hydrogen (secondary N) is 1. The molecule has 0 unspecified atom stereocenters. The van der Waals surface area contributed by atoms with E-state index in [9.17, 15) is 9.18 Å². The number of halogens is 1. The zero-order chi connectivity index (χ0) is 15.2. The van der Waals surface area contributed by atoms with Gasteiger partial charge in [0.05, 0.1) is 17.8 Å². The first-order valence-corrected chi connectivity index (χ1v) is 6.98. The fourth-order valence-corrected chi connectivity index (χ4v) is 2.62. The second-order valence-electron chi connectivity index (χ2n) is 4.27. The van der Waals surface area contributed by atoms with Crippen LogP contribution in [0, 0.1) is 0 Å². The Kier molecular flexibility index (Phi) is 5.10. The van der Waals surface area contributed by atoms with Crippen LogP contribution < -0.4 is 4.87 Å². The minimum Gasteiger partial charge on any atom is -0.376 e. The Morgan fingerprint density at radius 2 is 2.19 bits per heavy atom. The summed E-state index contributed by atoms with van der Waals surface area (Å²) in [5.74, 6) is 0. The normalized spacial score (nSPS) is 13.4. The van der Waals surface area contributed by atoms with Gasteiger partial charge in [-0.2, -0.15) is 0 Å². The fourth-order valence-electron chi connectivity index (χ4n) is 2.03. The molecule has 21 heavy (non-hydrogen) atoms. The molecule has 0 aliphatic rings. The van der Waals surface area contributed by atoms with E-state index in [2.05, 4.69) is 15.0 Å². The number of aromatic nitrogens is 1. The van der Waals surface area contributed by atoms with Crippen LogP contribution in [0.2, 0.25) is 0 Å². The molecule has 0 aliphatic carbocycles. The molecule has 2 atom stereocenters. The summed E-state index contributed by atoms with van der Waals surface area (Å²) in [5.41, 5.74) is 10.7. The minimum absolute atomic E-state index is 0.121. The number of rotatable bonds is 6. The lowest BCUT2D eigenvalue weighted by Crippen LogP contribution is -2.20. The average molecular weight is 308 g/mol. The summed E-state index contributed by atoms with van der Waals surface area (Å²) >= 11 is 1.09. The van der Waals surface area contributed by atoms with Gasteiger partial charge in [0.15, 0.2) is 0 Å². The highest BCUT2D eigenvalue weighted by Gasteiger charge is 2.22. The summed E-state index contributed by atoms with van der Waals surface area (Å²) in [6.07, 6.45) is -0.651. The summed E-state index contributed by atoms with van der Waals surface area (Å²) < 4.78 is 18.2. The van der Waals surface area contributed by atoms with Gasteiger partial charge in [-0.15, -0.1) is 0 Å². The first kappa shape index (κ1) is 15.2. The van der Waals surface area contributed by atoms with Crippen LogP contribution in [0.4, 0.5) is 4.39 Å². The van der Waals surface area contributed by atoms with Crippen molar-refractivity contribution in [3.8, 4) is 11.3 Å². The van der Waals surface area contributed by atoms with Gasteiger partial charge in [0.2, 0.25) is 0 Å². The summed E-state index contributed by atoms with van der Waals surface area (Å²) in [6, 6.07) is 6.20. The number of hydrogen-bond acceptors (Lipinski definition) is 4. The summed E-state index contributed by atoms with van der Waals surface area (Å²) in [4.78, 5) is 16.4. The van der Waals surface area contributed by atoms with Crippen molar-refractivity contribution in [2.75, 3.05) is 13.8 Å². The van der Waals surface area contributed by atoms with Gasteiger partial charge in [-0.05, 0) is 16.7 Å². The Bertz CT molecular complexity index is 691. The Labute approximate surface area is 123 Å². The van der Waals surface area contributed by atoms with Gasteiger partial charge in [-0.3, -0.25) is 9.18 Å². The lowest BCUT2D eigenvalue weighted by Gasteiger charge is -2.20. The van der Waals surface area contributed by atoms with Crippen molar-refractivity contribution in [1.29, 1.82) is 0 Å². The first-order chi connectivity index (χ1) is 10.2. The van der Waals surface area contributed by atoms with Crippen molar-refractivity contribution in [3.63, 3.8) is 0 Å². The number of H-pyrrole nitrogens is 1. The monoisotopic (exact) mass is 308 g/mol. The summed E-state index contributed by atoms with van der Waals surface area (Å²) in [6.45, 7) is -0.803. The highest BCUT2D eigenvalue weighted by molar-refractivity contribution is 7.07. The number of methoxy groups -OCH3 is 1. The molecule has 0 saturated heterocycles. The second kappa shape index (κ2) is 7.03. The van der Waals surface area contributed by atoms with Crippen molar-refractivity contribution in [1.82, 2.24) is 4.98 Å². The highest BCUT2D eigenvalue weighted by Crippen LogP contribution is 2.26. The van der Waals surface area contributed by atoms with Gasteiger partial charge in [0.25, 0.3) is 0 Å². The number of alkyl halides is 1. The number of nitrogens with zero attached hydrogens (tertiary/aromatic N) is 3. The predicted molar refractivity (Wildman–Crippen MR) is 79.0 cm³/mol. The molecule has 0 saturated carbocycles. The molecule has 2 aromatic rings. The molecule has 2 rings (SSSR count). The van der Waals surface area contributed by atoms with Crippen LogP contribution in [0.1, 0.15) is 11.7 Å². The van der Waals surface area contributed by atoms with Crippen molar-refractivity contribution >= 4 is 11.3 Å². The Morgan fingerprint density at radius 3 is 2.67 bits per heavy atom. The van der Waals surface area contributed by atoms with Gasteiger partial charge in [-0.1, -0.05) is 40.7 Å². The van der Waals surface area contributed by atoms with Gasteiger partial charge in [0.1, 0.15) is 6.67 Å². The molecular formula is C13H13FN4O2S. The topological polar surface area (TPSA) is 90.9 Å². The third kappa shape index (κ3) is 3.49. The highest BCUT2D eigenvalue weighted by atomic mass is 32.1. The van der Waals surface area contributed by atoms with Crippen LogP contribution in [-0.4, -0.2) is 24.8 Å². The van der Waals surface area contributed by atoms with Crippen LogP contribution in [0.3, 0.4) is 0 Å². The van der Waals surface area contributed by atoms with Crippen LogP contribution >= 0.6 is 11.3 Å². The van der Waals surface area contributed by atoms with Crippen molar-refractivity contribution in [3.05, 3.63) is 55.3 Å². The molecule has 8 heteroatoms. The second-order valence-corrected chi connectivity index (χ2v) is 5.11. The zero-order valence-electron chi connectivity index (χ0n) is 11.2. The van der Waals surface area contributed by atoms with E-state index in [0.29, 0.717) is 5.56 Å². The van der Waals surface area contributed by atoms with E-state index in [0.717, 1.165) is 22.6 Å². The Balaban J connectivity index is 2.28. The molecule has 1 N–H and O–H groups in total. The van der Waals surface area contributed by atoms with Crippen LogP contribution in [0.25, 0.3) is 21.7 Å². The molecule has 1 aromatic heterocycles. The number of azide groups is 1. The van der Waals surface area contributed by atoms with Crippen molar-refractivity contribution < 1.29 is 9.13 Å². The van der Waals surface area contributed by atoms with Gasteiger partial charge < -0.3 is 9.72 Å². The Hall–Kier alpha value is -2.15. The molecule has 0 amide bonds. The molecular weight excluding hydrogens is 295 g/mol. The average Bonchev–Trinajstić information content (AvgIpc) is 2.94. The number of ether oxygens (including phenoxy) is 1. The van der Waals surface area contributed by atoms with Gasteiger partial charge in [0, 0.05) is 17.4 Å². The maximum absolute atomic E-state index is 12.9. The van der Waals surface area contributed by atoms with E-state index in [-0.39, 0.29) is 4.87 Å². The lowest BCUT2D eigenvalue weighted by atomic mass is 10.0. The molecule has 110 valence electrons. The van der Waals surface area contributed by atoms with Crippen molar-refractivity contribution in [2.24, 2.45) is 5.11 Å². The summed E-state index contributed by atoms with van der Waals surface area (Å²) in [5, 5.41) is 5.14. The fraction of sp³-hybridized carbons (Fsp3) is 0.308. The third-order valence-electron chi connectivity index (χ3n) is 3.03. The smallest absolute Gasteiger partial charge is 0.304 e. The van der Waals surface area contributed by atoms with Crippen molar-refractivity contribution in [2.45, 2.75) is 12.1 Å². The molecule has 0 bridgehead atoms. The molecule has 0 fully saturated rings. The predicted octanol–water partition coefficient (Wildman–Crippen LogP) is 3.44. The Morgan fingerprint density at radius 1 is 1.48 bits per heavy atom. The van der Waals surface area contributed by atoms with E-state index in [1.165, 1.54) is 7.11 Å². The molecule has 1 aromatic carbocycles. The minimum atomic E-state index is -0.910. The number of hydrogen-bond donors (Lipinski definition) is 1. The first-order valence-electron chi connectivity index (χ1n) is 6.10. The van der Waals surface area contributed by atoms with E-state index in [1.807, 2.05) is 0 Å². The van der Waals surface area contributed by atoms with Gasteiger partial charge in [-0.25, -0.2) is 0 Å². The standard InChI is InChI=1S/C13H13FN4O2S/c1-20-12(10(6-14)17-18-15)9-4-2-8(3-5-9)11-7-21-13(19)16-11/h2-5,7,10,12H,6H2,1H3,(H,16,19)/t10-,12-/m1/s1. The number of benzene rings is 1. The quantitative estimate of drug-likeness (QED) is 0.503. The largest absolute Gasteiger partial charge is 0.376 e. The lowest BCUT2D eigenvalue weighted by molar-refractivity contribution is 0.0722. The van der Waals surface area contributed by atoms with E-state index in [1.54, 1.807) is 29.6 Å². The zero-order valence-corrected chi connectivity index (χ0v) is 12.0. The summed E-state index contributed by atoms with van der Waals surface area (Å²) in [7, 11) is 1.44. The SMILES string of the molecule is CO[C@H](c1ccc(-c2csc(=O)[nH]2)cc1)[C@@H](CF)N=[N+]=[N-]. The molecule has 0 radical (unpaired) electrons. The maximum atomic E-state index is 12.9. The third-order valence-corrected chi connectivity index (χ3v) is 3.70. The van der Waals surface area contributed by atoms with E-state index in [4.69, 9.17) is 10.3 Å². The number of thiazole rings is 1. The van der Waals surface area contributed by atoms with E-state index < -0.39 is 18.8 Å². The van der Waals surface area contributed by atoms with Crippen LogP contribution in [0.5, 0.6) is 0 Å². The van der Waals surface area contributed by atoms with E-state index >= 15 is 0 Å². The van der Waals surface area contributed by atoms with Crippen LogP contribution in [-0.2, 0) is 4.74 Å². The van der Waals surface area contributed by atoms with Crippen LogP contribution in [0.15, 0.2) is 39.6 Å². The maximum Gasteiger partial charge on any atom is 0.304 e. The molecule has 6 nitrogen and oxygen atoms in total. The molecule has 0 aliphatic heterocycles. The molecule has 0 spiro atoms. The molecule has 1 heterocycles. The number of aromatic amines is 1. The van der Waals surface area contributed by atoms with Gasteiger partial charge >= 0.3 is 4.87 Å².